The average Bonchev–Trinajstić information content (AvgIpc) is 2.94. The second-order valence-corrected chi connectivity index (χ2v) is 7.20. The van der Waals surface area contributed by atoms with Gasteiger partial charge < -0.3 is 9.53 Å². The molecule has 1 saturated heterocycles. The summed E-state index contributed by atoms with van der Waals surface area (Å²) in [6.45, 7) is 6.08. The Morgan fingerprint density at radius 2 is 2.09 bits per heavy atom. The summed E-state index contributed by atoms with van der Waals surface area (Å²) < 4.78 is 32.9. The Morgan fingerprint density at radius 1 is 1.41 bits per heavy atom. The number of carbonyl (C=O) groups is 1. The zero-order chi connectivity index (χ0) is 16.2. The lowest BCUT2D eigenvalue weighted by atomic mass is 9.92. The number of rotatable bonds is 7. The van der Waals surface area contributed by atoms with Crippen molar-refractivity contribution in [2.45, 2.75) is 36.8 Å². The summed E-state index contributed by atoms with van der Waals surface area (Å²) in [6, 6.07) is 5.73. The van der Waals surface area contributed by atoms with Gasteiger partial charge in [0.05, 0.1) is 17.0 Å². The Balaban J connectivity index is 2.16. The van der Waals surface area contributed by atoms with Gasteiger partial charge in [-0.1, -0.05) is 23.8 Å². The molecule has 1 unspecified atom stereocenters. The highest BCUT2D eigenvalue weighted by atomic mass is 32.2. The highest BCUT2D eigenvalue weighted by Crippen LogP contribution is 2.27. The van der Waals surface area contributed by atoms with E-state index in [-0.39, 0.29) is 16.9 Å². The molecule has 0 aromatic heterocycles. The molecular weight excluding hydrogens is 302 g/mol. The van der Waals surface area contributed by atoms with Crippen LogP contribution in [0.3, 0.4) is 0 Å². The molecule has 0 bridgehead atoms. The molecule has 0 spiro atoms. The Labute approximate surface area is 131 Å². The van der Waals surface area contributed by atoms with Crippen molar-refractivity contribution >= 4 is 16.3 Å². The van der Waals surface area contributed by atoms with Gasteiger partial charge in [-0.3, -0.25) is 0 Å². The van der Waals surface area contributed by atoms with E-state index in [1.807, 2.05) is 6.92 Å². The molecule has 0 saturated carbocycles. The molecule has 2 rings (SSSR count). The van der Waals surface area contributed by atoms with Crippen molar-refractivity contribution in [2.75, 3.05) is 6.61 Å². The monoisotopic (exact) mass is 323 g/mol. The Morgan fingerprint density at radius 3 is 2.68 bits per heavy atom. The molecule has 0 radical (unpaired) electrons. The summed E-state index contributed by atoms with van der Waals surface area (Å²) in [5.74, 6) is -0.171. The highest BCUT2D eigenvalue weighted by molar-refractivity contribution is 7.89. The number of nitrogens with one attached hydrogen (secondary N) is 1. The first-order valence-corrected chi connectivity index (χ1v) is 8.73. The van der Waals surface area contributed by atoms with Crippen LogP contribution in [0.25, 0.3) is 0 Å². The van der Waals surface area contributed by atoms with Crippen molar-refractivity contribution in [3.05, 3.63) is 42.5 Å². The van der Waals surface area contributed by atoms with Crippen LogP contribution in [0.1, 0.15) is 18.4 Å². The zero-order valence-corrected chi connectivity index (χ0v) is 13.4. The van der Waals surface area contributed by atoms with Gasteiger partial charge in [0, 0.05) is 12.5 Å². The first-order chi connectivity index (χ1) is 10.5. The number of benzene rings is 1. The first kappa shape index (κ1) is 16.9. The molecule has 0 amide bonds. The molecular formula is C16H21NO4S. The maximum atomic E-state index is 12.4. The van der Waals surface area contributed by atoms with Crippen LogP contribution in [0.5, 0.6) is 0 Å². The lowest BCUT2D eigenvalue weighted by molar-refractivity contribution is -0.110. The average molecular weight is 323 g/mol. The van der Waals surface area contributed by atoms with Gasteiger partial charge in [-0.25, -0.2) is 13.1 Å². The van der Waals surface area contributed by atoms with Crippen LogP contribution < -0.4 is 4.72 Å². The minimum atomic E-state index is -3.73. The fraction of sp³-hybridized carbons (Fsp3) is 0.438. The van der Waals surface area contributed by atoms with E-state index in [4.69, 9.17) is 4.74 Å². The van der Waals surface area contributed by atoms with Gasteiger partial charge in [0.1, 0.15) is 6.29 Å². The largest absolute Gasteiger partial charge is 0.378 e. The molecule has 1 aromatic rings. The van der Waals surface area contributed by atoms with Gasteiger partial charge in [0.15, 0.2) is 0 Å². The minimum Gasteiger partial charge on any atom is -0.378 e. The maximum Gasteiger partial charge on any atom is 0.241 e. The summed E-state index contributed by atoms with van der Waals surface area (Å²) >= 11 is 0. The van der Waals surface area contributed by atoms with Gasteiger partial charge in [-0.05, 0) is 31.9 Å². The van der Waals surface area contributed by atoms with Gasteiger partial charge in [0.2, 0.25) is 10.0 Å². The van der Waals surface area contributed by atoms with Crippen LogP contribution in [0.2, 0.25) is 0 Å². The summed E-state index contributed by atoms with van der Waals surface area (Å²) in [7, 11) is -3.73. The number of sulfonamides is 1. The van der Waals surface area contributed by atoms with E-state index in [1.54, 1.807) is 18.2 Å². The third kappa shape index (κ3) is 3.82. The molecule has 3 atom stereocenters. The molecule has 1 heterocycles. The molecule has 1 N–H and O–H groups in total. The van der Waals surface area contributed by atoms with E-state index in [2.05, 4.69) is 11.3 Å². The number of aryl methyl sites for hydroxylation is 1. The van der Waals surface area contributed by atoms with Crippen LogP contribution >= 0.6 is 0 Å². The summed E-state index contributed by atoms with van der Waals surface area (Å²) in [4.78, 5) is 11.6. The molecule has 5 nitrogen and oxygen atoms in total. The lowest BCUT2D eigenvalue weighted by Gasteiger charge is -2.23. The maximum absolute atomic E-state index is 12.4. The molecule has 1 fully saturated rings. The van der Waals surface area contributed by atoms with Crippen LogP contribution in [0.15, 0.2) is 41.8 Å². The van der Waals surface area contributed by atoms with Gasteiger partial charge in [0.25, 0.3) is 0 Å². The van der Waals surface area contributed by atoms with Crippen molar-refractivity contribution in [1.29, 1.82) is 0 Å². The highest BCUT2D eigenvalue weighted by Gasteiger charge is 2.36. The quantitative estimate of drug-likeness (QED) is 0.614. The van der Waals surface area contributed by atoms with Crippen LogP contribution in [-0.4, -0.2) is 33.5 Å². The second-order valence-electron chi connectivity index (χ2n) is 5.48. The summed E-state index contributed by atoms with van der Waals surface area (Å²) in [5.41, 5.74) is 0.973. The molecule has 6 heteroatoms. The fourth-order valence-electron chi connectivity index (χ4n) is 2.66. The normalized spacial score (nSPS) is 23.1. The molecule has 1 aliphatic heterocycles. The topological polar surface area (TPSA) is 72.5 Å². The SMILES string of the molecule is C=CC[C@H]1OCCC1[C@@H](C=O)NS(=O)(=O)c1ccc(C)cc1. The molecule has 0 aliphatic carbocycles. The Hall–Kier alpha value is -1.50. The van der Waals surface area contributed by atoms with Gasteiger partial charge in [-0.15, -0.1) is 6.58 Å². The predicted octanol–water partition coefficient (Wildman–Crippen LogP) is 1.82. The molecule has 120 valence electrons. The van der Waals surface area contributed by atoms with Crippen LogP contribution in [0, 0.1) is 12.8 Å². The number of aldehydes is 1. The van der Waals surface area contributed by atoms with Crippen molar-refractivity contribution in [3.8, 4) is 0 Å². The van der Waals surface area contributed by atoms with Crippen LogP contribution in [-0.2, 0) is 19.6 Å². The van der Waals surface area contributed by atoms with Crippen molar-refractivity contribution in [1.82, 2.24) is 4.72 Å². The second kappa shape index (κ2) is 7.17. The Kier molecular flexibility index (Phi) is 5.50. The third-order valence-electron chi connectivity index (χ3n) is 3.89. The zero-order valence-electron chi connectivity index (χ0n) is 12.6. The van der Waals surface area contributed by atoms with Gasteiger partial charge in [-0.2, -0.15) is 0 Å². The van der Waals surface area contributed by atoms with E-state index in [1.165, 1.54) is 12.1 Å². The molecule has 1 aliphatic rings. The third-order valence-corrected chi connectivity index (χ3v) is 5.37. The van der Waals surface area contributed by atoms with Crippen molar-refractivity contribution in [2.24, 2.45) is 5.92 Å². The van der Waals surface area contributed by atoms with E-state index >= 15 is 0 Å². The lowest BCUT2D eigenvalue weighted by Crippen LogP contribution is -2.44. The summed E-state index contributed by atoms with van der Waals surface area (Å²) in [5, 5.41) is 0. The minimum absolute atomic E-state index is 0.157. The van der Waals surface area contributed by atoms with Crippen LogP contribution in [0.4, 0.5) is 0 Å². The summed E-state index contributed by atoms with van der Waals surface area (Å²) in [6.07, 6.45) is 3.45. The number of carbonyl (C=O) groups excluding carboxylic acids is 1. The van der Waals surface area contributed by atoms with E-state index in [0.29, 0.717) is 25.7 Å². The molecule has 22 heavy (non-hydrogen) atoms. The Bertz CT molecular complexity index is 624. The van der Waals surface area contributed by atoms with E-state index in [9.17, 15) is 13.2 Å². The first-order valence-electron chi connectivity index (χ1n) is 7.24. The number of hydrogen-bond acceptors (Lipinski definition) is 4. The van der Waals surface area contributed by atoms with E-state index < -0.39 is 16.1 Å². The number of ether oxygens (including phenoxy) is 1. The smallest absolute Gasteiger partial charge is 0.241 e. The van der Waals surface area contributed by atoms with E-state index in [0.717, 1.165) is 5.56 Å². The molecule has 1 aromatic carbocycles. The van der Waals surface area contributed by atoms with Crippen molar-refractivity contribution < 1.29 is 17.9 Å². The van der Waals surface area contributed by atoms with Crippen molar-refractivity contribution in [3.63, 3.8) is 0 Å². The number of hydrogen-bond donors (Lipinski definition) is 1. The standard InChI is InChI=1S/C16H21NO4S/c1-3-4-16-14(9-10-21-16)15(11-18)17-22(19,20)13-7-5-12(2)6-8-13/h3,5-8,11,14-17H,1,4,9-10H2,2H3/t14?,15-,16-/m1/s1. The van der Waals surface area contributed by atoms with Gasteiger partial charge >= 0.3 is 0 Å². The fourth-order valence-corrected chi connectivity index (χ4v) is 3.88. The predicted molar refractivity (Wildman–Crippen MR) is 84.0 cm³/mol.